The number of anilines is 1. The fourth-order valence-electron chi connectivity index (χ4n) is 3.51. The van der Waals surface area contributed by atoms with E-state index in [4.69, 9.17) is 0 Å². The Kier molecular flexibility index (Phi) is 4.53. The Hall–Kier alpha value is -2.62. The summed E-state index contributed by atoms with van der Waals surface area (Å²) in [4.78, 5) is 14.7. The highest BCUT2D eigenvalue weighted by Gasteiger charge is 2.50. The lowest BCUT2D eigenvalue weighted by molar-refractivity contribution is -0.174. The van der Waals surface area contributed by atoms with Gasteiger partial charge < -0.3 is 0 Å². The molecular weight excluding hydrogens is 439 g/mol. The lowest BCUT2D eigenvalue weighted by Crippen LogP contribution is -2.45. The van der Waals surface area contributed by atoms with Crippen LogP contribution in [0.25, 0.3) is 0 Å². The average Bonchev–Trinajstić information content (AvgIpc) is 3.25. The van der Waals surface area contributed by atoms with Gasteiger partial charge in [0.15, 0.2) is 11.7 Å². The molecule has 1 aromatic carbocycles. The maximum Gasteiger partial charge on any atom is 0.410 e. The molecule has 6 nitrogen and oxygen atoms in total. The minimum absolute atomic E-state index is 0.0879. The third-order valence-corrected chi connectivity index (χ3v) is 5.30. The first kappa shape index (κ1) is 18.7. The molecule has 0 aliphatic carbocycles. The van der Waals surface area contributed by atoms with Crippen molar-refractivity contribution >= 4 is 27.7 Å². The predicted molar refractivity (Wildman–Crippen MR) is 98.8 cm³/mol. The van der Waals surface area contributed by atoms with E-state index in [0.29, 0.717) is 10.0 Å². The first-order valence-corrected chi connectivity index (χ1v) is 9.24. The average molecular weight is 454 g/mol. The summed E-state index contributed by atoms with van der Waals surface area (Å²) < 4.78 is 44.0. The number of fused-ring (bicyclic) bond motifs is 1. The van der Waals surface area contributed by atoms with Crippen LogP contribution in [0.2, 0.25) is 0 Å². The molecule has 4 rings (SSSR count). The van der Waals surface area contributed by atoms with Crippen LogP contribution in [0.5, 0.6) is 0 Å². The van der Waals surface area contributed by atoms with Gasteiger partial charge in [-0.25, -0.2) is 4.68 Å². The Morgan fingerprint density at radius 1 is 1.21 bits per heavy atom. The van der Waals surface area contributed by atoms with Gasteiger partial charge in [-0.3, -0.25) is 14.4 Å². The zero-order valence-electron chi connectivity index (χ0n) is 14.6. The van der Waals surface area contributed by atoms with Crippen molar-refractivity contribution in [3.8, 4) is 0 Å². The zero-order valence-corrected chi connectivity index (χ0v) is 16.2. The number of carbonyl (C=O) groups is 1. The lowest BCUT2D eigenvalue weighted by atomic mass is 9.94. The van der Waals surface area contributed by atoms with Crippen LogP contribution in [0.4, 0.5) is 19.0 Å². The van der Waals surface area contributed by atoms with E-state index in [1.54, 1.807) is 43.6 Å². The first-order valence-electron chi connectivity index (χ1n) is 8.45. The summed E-state index contributed by atoms with van der Waals surface area (Å²) in [5.74, 6) is -0.409. The van der Waals surface area contributed by atoms with Gasteiger partial charge >= 0.3 is 6.18 Å². The Labute approximate surface area is 166 Å². The van der Waals surface area contributed by atoms with Gasteiger partial charge in [0, 0.05) is 25.7 Å². The minimum Gasteiger partial charge on any atom is -0.284 e. The third kappa shape index (κ3) is 3.11. The first-order chi connectivity index (χ1) is 13.3. The molecule has 0 radical (unpaired) electrons. The molecule has 3 heterocycles. The minimum atomic E-state index is -4.49. The summed E-state index contributed by atoms with van der Waals surface area (Å²) in [7, 11) is 1.66. The van der Waals surface area contributed by atoms with Crippen LogP contribution < -0.4 is 4.90 Å². The number of rotatable bonds is 2. The van der Waals surface area contributed by atoms with Crippen molar-refractivity contribution in [2.24, 2.45) is 7.05 Å². The van der Waals surface area contributed by atoms with Gasteiger partial charge in [-0.05, 0) is 21.5 Å². The number of alkyl halides is 3. The zero-order chi connectivity index (χ0) is 20.1. The molecule has 3 aromatic rings. The van der Waals surface area contributed by atoms with Crippen LogP contribution in [0, 0.1) is 0 Å². The molecule has 0 saturated carbocycles. The molecule has 0 spiro atoms. The molecule has 1 aliphatic rings. The highest BCUT2D eigenvalue weighted by Crippen LogP contribution is 2.47. The molecule has 0 saturated heterocycles. The number of amides is 1. The lowest BCUT2D eigenvalue weighted by Gasteiger charge is -2.40. The Morgan fingerprint density at radius 3 is 2.54 bits per heavy atom. The Bertz CT molecular complexity index is 1010. The van der Waals surface area contributed by atoms with Crippen molar-refractivity contribution in [2.75, 3.05) is 4.90 Å². The number of halogens is 4. The molecule has 146 valence electrons. The summed E-state index contributed by atoms with van der Waals surface area (Å²) in [5, 5.41) is 8.02. The van der Waals surface area contributed by atoms with E-state index in [1.165, 1.54) is 21.8 Å². The number of aryl methyl sites for hydroxylation is 1. The van der Waals surface area contributed by atoms with Crippen molar-refractivity contribution in [2.45, 2.75) is 24.7 Å². The maximum atomic E-state index is 13.7. The van der Waals surface area contributed by atoms with E-state index >= 15 is 0 Å². The number of carbonyl (C=O) groups excluding carboxylic acids is 1. The smallest absolute Gasteiger partial charge is 0.284 e. The van der Waals surface area contributed by atoms with E-state index in [0.717, 1.165) is 4.68 Å². The number of nitrogens with zero attached hydrogens (tertiary/aromatic N) is 5. The summed E-state index contributed by atoms with van der Waals surface area (Å²) in [6.07, 6.45) is -1.94. The van der Waals surface area contributed by atoms with E-state index in [9.17, 15) is 18.0 Å². The molecule has 0 unspecified atom stereocenters. The number of hydrogen-bond acceptors (Lipinski definition) is 3. The summed E-state index contributed by atoms with van der Waals surface area (Å²) in [5.41, 5.74) is 0.742. The standard InChI is InChI=1S/C18H15BrF3N5O/c1-25-10-12(19)16(24-25)17(28)26-13(11-5-3-2-4-6-11)9-14(18(20,21)22)27-15(26)7-8-23-27/h2-8,10,13-14H,9H2,1H3/t13-,14-/m1/s1. The van der Waals surface area contributed by atoms with Crippen LogP contribution in [0.3, 0.4) is 0 Å². The molecular formula is C18H15BrF3N5O. The highest BCUT2D eigenvalue weighted by atomic mass is 79.9. The van der Waals surface area contributed by atoms with Gasteiger partial charge in [-0.2, -0.15) is 23.4 Å². The van der Waals surface area contributed by atoms with E-state index < -0.39 is 24.2 Å². The van der Waals surface area contributed by atoms with Gasteiger partial charge in [0.2, 0.25) is 0 Å². The monoisotopic (exact) mass is 453 g/mol. The summed E-state index contributed by atoms with van der Waals surface area (Å²) in [6.45, 7) is 0. The van der Waals surface area contributed by atoms with Crippen molar-refractivity contribution in [3.63, 3.8) is 0 Å². The van der Waals surface area contributed by atoms with Crippen molar-refractivity contribution in [1.29, 1.82) is 0 Å². The van der Waals surface area contributed by atoms with Gasteiger partial charge in [0.25, 0.3) is 5.91 Å². The van der Waals surface area contributed by atoms with Crippen LogP contribution in [0.15, 0.2) is 53.3 Å². The number of benzene rings is 1. The second-order valence-corrected chi connectivity index (χ2v) is 7.38. The Balaban J connectivity index is 1.87. The van der Waals surface area contributed by atoms with E-state index in [1.807, 2.05) is 0 Å². The maximum absolute atomic E-state index is 13.7. The van der Waals surface area contributed by atoms with Crippen LogP contribution in [-0.4, -0.2) is 31.6 Å². The molecule has 2 atom stereocenters. The molecule has 0 bridgehead atoms. The highest BCUT2D eigenvalue weighted by molar-refractivity contribution is 9.10. The molecule has 1 aliphatic heterocycles. The second kappa shape index (κ2) is 6.77. The number of aromatic nitrogens is 4. The summed E-state index contributed by atoms with van der Waals surface area (Å²) >= 11 is 3.30. The quantitative estimate of drug-likeness (QED) is 0.581. The van der Waals surface area contributed by atoms with Crippen molar-refractivity contribution in [3.05, 3.63) is 64.5 Å². The van der Waals surface area contributed by atoms with Crippen LogP contribution in [0.1, 0.15) is 34.6 Å². The number of hydrogen-bond donors (Lipinski definition) is 0. The topological polar surface area (TPSA) is 56.0 Å². The normalized spacial score (nSPS) is 19.5. The predicted octanol–water partition coefficient (Wildman–Crippen LogP) is 4.27. The third-order valence-electron chi connectivity index (χ3n) is 4.72. The van der Waals surface area contributed by atoms with Gasteiger partial charge in [0.05, 0.1) is 16.7 Å². The van der Waals surface area contributed by atoms with Crippen molar-refractivity contribution in [1.82, 2.24) is 19.6 Å². The second-order valence-electron chi connectivity index (χ2n) is 6.53. The van der Waals surface area contributed by atoms with Crippen LogP contribution >= 0.6 is 15.9 Å². The van der Waals surface area contributed by atoms with Gasteiger partial charge in [-0.1, -0.05) is 30.3 Å². The molecule has 0 N–H and O–H groups in total. The fourth-order valence-corrected chi connectivity index (χ4v) is 4.06. The van der Waals surface area contributed by atoms with E-state index in [-0.39, 0.29) is 17.9 Å². The van der Waals surface area contributed by atoms with Gasteiger partial charge in [0.1, 0.15) is 5.82 Å². The van der Waals surface area contributed by atoms with Crippen LogP contribution in [-0.2, 0) is 7.05 Å². The molecule has 2 aromatic heterocycles. The molecule has 0 fully saturated rings. The van der Waals surface area contributed by atoms with Gasteiger partial charge in [-0.15, -0.1) is 0 Å². The fraction of sp³-hybridized carbons (Fsp3) is 0.278. The van der Waals surface area contributed by atoms with Crippen molar-refractivity contribution < 1.29 is 18.0 Å². The largest absolute Gasteiger partial charge is 0.410 e. The molecule has 10 heteroatoms. The molecule has 1 amide bonds. The SMILES string of the molecule is Cn1cc(Br)c(C(=O)N2c3ccnn3[C@@H](C(F)(F)F)C[C@@H]2c2ccccc2)n1. The Morgan fingerprint density at radius 2 is 1.93 bits per heavy atom. The molecule has 28 heavy (non-hydrogen) atoms. The summed E-state index contributed by atoms with van der Waals surface area (Å²) in [6, 6.07) is 7.49. The van der Waals surface area contributed by atoms with E-state index in [2.05, 4.69) is 26.1 Å².